The predicted octanol–water partition coefficient (Wildman–Crippen LogP) is 3.50. The van der Waals surface area contributed by atoms with Crippen LogP contribution in [0.1, 0.15) is 22.8 Å². The van der Waals surface area contributed by atoms with Crippen LogP contribution in [0, 0.1) is 0 Å². The summed E-state index contributed by atoms with van der Waals surface area (Å²) >= 11 is 6.08. The standard InChI is InChI=1S/C16H15ClN2O2/c1-11(14-5-3-4-6-15(14)17)18-19-16(20)12-7-9-13(21-2)10-8-12/h3-10H,1-2H3,(H,19,20)/b18-11-. The lowest BCUT2D eigenvalue weighted by molar-refractivity contribution is 0.0955. The Kier molecular flexibility index (Phi) is 4.95. The molecule has 0 spiro atoms. The molecule has 4 nitrogen and oxygen atoms in total. The molecule has 0 atom stereocenters. The molecule has 0 aliphatic rings. The van der Waals surface area contributed by atoms with E-state index >= 15 is 0 Å². The Morgan fingerprint density at radius 2 is 1.81 bits per heavy atom. The number of carbonyl (C=O) groups is 1. The number of nitrogens with one attached hydrogen (secondary N) is 1. The fourth-order valence-corrected chi connectivity index (χ4v) is 2.03. The van der Waals surface area contributed by atoms with Crippen LogP contribution in [0.25, 0.3) is 0 Å². The second kappa shape index (κ2) is 6.90. The average molecular weight is 303 g/mol. The zero-order valence-electron chi connectivity index (χ0n) is 11.8. The number of halogens is 1. The Morgan fingerprint density at radius 1 is 1.14 bits per heavy atom. The van der Waals surface area contributed by atoms with E-state index in [-0.39, 0.29) is 5.91 Å². The number of ether oxygens (including phenoxy) is 1. The third-order valence-corrected chi connectivity index (χ3v) is 3.27. The molecule has 1 N–H and O–H groups in total. The average Bonchev–Trinajstić information content (AvgIpc) is 2.52. The van der Waals surface area contributed by atoms with E-state index in [4.69, 9.17) is 16.3 Å². The number of methoxy groups -OCH3 is 1. The van der Waals surface area contributed by atoms with Crippen LogP contribution in [0.4, 0.5) is 0 Å². The predicted molar refractivity (Wildman–Crippen MR) is 84.1 cm³/mol. The van der Waals surface area contributed by atoms with Gasteiger partial charge in [0.2, 0.25) is 0 Å². The second-order valence-corrected chi connectivity index (χ2v) is 4.75. The summed E-state index contributed by atoms with van der Waals surface area (Å²) in [6.07, 6.45) is 0. The van der Waals surface area contributed by atoms with Gasteiger partial charge in [0.25, 0.3) is 5.91 Å². The summed E-state index contributed by atoms with van der Waals surface area (Å²) in [5.41, 5.74) is 4.44. The monoisotopic (exact) mass is 302 g/mol. The molecule has 2 rings (SSSR count). The van der Waals surface area contributed by atoms with E-state index in [2.05, 4.69) is 10.5 Å². The van der Waals surface area contributed by atoms with Gasteiger partial charge in [-0.25, -0.2) is 5.43 Å². The summed E-state index contributed by atoms with van der Waals surface area (Å²) in [5.74, 6) is 0.409. The summed E-state index contributed by atoms with van der Waals surface area (Å²) in [5, 5.41) is 4.67. The smallest absolute Gasteiger partial charge is 0.271 e. The molecule has 0 bridgehead atoms. The lowest BCUT2D eigenvalue weighted by atomic mass is 10.1. The van der Waals surface area contributed by atoms with Gasteiger partial charge in [-0.15, -0.1) is 0 Å². The number of hydrazone groups is 1. The van der Waals surface area contributed by atoms with Crippen LogP contribution in [0.2, 0.25) is 5.02 Å². The minimum atomic E-state index is -0.288. The Bertz CT molecular complexity index is 666. The van der Waals surface area contributed by atoms with Gasteiger partial charge in [-0.3, -0.25) is 4.79 Å². The molecular weight excluding hydrogens is 288 g/mol. The number of benzene rings is 2. The van der Waals surface area contributed by atoms with Gasteiger partial charge in [-0.2, -0.15) is 5.10 Å². The first-order valence-electron chi connectivity index (χ1n) is 6.35. The number of amides is 1. The molecule has 21 heavy (non-hydrogen) atoms. The van der Waals surface area contributed by atoms with Crippen LogP contribution >= 0.6 is 11.6 Å². The number of carbonyl (C=O) groups excluding carboxylic acids is 1. The van der Waals surface area contributed by atoms with Crippen molar-refractivity contribution in [3.8, 4) is 5.75 Å². The maximum absolute atomic E-state index is 12.0. The van der Waals surface area contributed by atoms with Crippen molar-refractivity contribution in [3.05, 3.63) is 64.7 Å². The van der Waals surface area contributed by atoms with Crippen molar-refractivity contribution in [1.82, 2.24) is 5.43 Å². The summed E-state index contributed by atoms with van der Waals surface area (Å²) in [7, 11) is 1.58. The number of rotatable bonds is 4. The van der Waals surface area contributed by atoms with Gasteiger partial charge >= 0.3 is 0 Å². The van der Waals surface area contributed by atoms with Crippen molar-refractivity contribution in [2.24, 2.45) is 5.10 Å². The van der Waals surface area contributed by atoms with Gasteiger partial charge in [-0.05, 0) is 37.3 Å². The van der Waals surface area contributed by atoms with Crippen LogP contribution in [-0.2, 0) is 0 Å². The van der Waals surface area contributed by atoms with Crippen LogP contribution in [-0.4, -0.2) is 18.7 Å². The Hall–Kier alpha value is -2.33. The SMILES string of the molecule is COc1ccc(C(=O)N/N=C(/C)c2ccccc2Cl)cc1. The van der Waals surface area contributed by atoms with E-state index in [9.17, 15) is 4.79 Å². The Balaban J connectivity index is 2.09. The fraction of sp³-hybridized carbons (Fsp3) is 0.125. The molecule has 0 fully saturated rings. The van der Waals surface area contributed by atoms with E-state index in [0.717, 1.165) is 5.56 Å². The molecule has 1 amide bonds. The molecule has 0 saturated heterocycles. The van der Waals surface area contributed by atoms with Crippen molar-refractivity contribution >= 4 is 23.2 Å². The van der Waals surface area contributed by atoms with Crippen molar-refractivity contribution in [2.75, 3.05) is 7.11 Å². The molecule has 0 aliphatic heterocycles. The van der Waals surface area contributed by atoms with Gasteiger partial charge in [-0.1, -0.05) is 29.8 Å². The Morgan fingerprint density at radius 3 is 2.43 bits per heavy atom. The minimum Gasteiger partial charge on any atom is -0.497 e. The quantitative estimate of drug-likeness (QED) is 0.694. The van der Waals surface area contributed by atoms with E-state index in [0.29, 0.717) is 22.0 Å². The third kappa shape index (κ3) is 3.83. The fourth-order valence-electron chi connectivity index (χ4n) is 1.76. The van der Waals surface area contributed by atoms with Gasteiger partial charge < -0.3 is 4.74 Å². The van der Waals surface area contributed by atoms with Gasteiger partial charge in [0.1, 0.15) is 5.75 Å². The van der Waals surface area contributed by atoms with Gasteiger partial charge in [0.15, 0.2) is 0 Å². The number of nitrogens with zero attached hydrogens (tertiary/aromatic N) is 1. The first-order chi connectivity index (χ1) is 10.1. The highest BCUT2D eigenvalue weighted by atomic mass is 35.5. The molecule has 108 valence electrons. The van der Waals surface area contributed by atoms with E-state index in [1.54, 1.807) is 44.4 Å². The van der Waals surface area contributed by atoms with Crippen LogP contribution in [0.15, 0.2) is 53.6 Å². The zero-order chi connectivity index (χ0) is 15.2. The topological polar surface area (TPSA) is 50.7 Å². The molecular formula is C16H15ClN2O2. The van der Waals surface area contributed by atoms with Gasteiger partial charge in [0.05, 0.1) is 12.8 Å². The van der Waals surface area contributed by atoms with E-state index in [1.807, 2.05) is 18.2 Å². The van der Waals surface area contributed by atoms with Gasteiger partial charge in [0, 0.05) is 16.1 Å². The summed E-state index contributed by atoms with van der Waals surface area (Å²) in [4.78, 5) is 12.0. The maximum atomic E-state index is 12.0. The molecule has 2 aromatic carbocycles. The lowest BCUT2D eigenvalue weighted by Crippen LogP contribution is -2.19. The van der Waals surface area contributed by atoms with Crippen molar-refractivity contribution < 1.29 is 9.53 Å². The first-order valence-corrected chi connectivity index (χ1v) is 6.73. The summed E-state index contributed by atoms with van der Waals surface area (Å²) < 4.78 is 5.04. The van der Waals surface area contributed by atoms with Crippen LogP contribution < -0.4 is 10.2 Å². The second-order valence-electron chi connectivity index (χ2n) is 4.35. The summed E-state index contributed by atoms with van der Waals surface area (Å²) in [6.45, 7) is 1.79. The van der Waals surface area contributed by atoms with E-state index in [1.165, 1.54) is 0 Å². The molecule has 0 aromatic heterocycles. The highest BCUT2D eigenvalue weighted by Crippen LogP contribution is 2.15. The Labute approximate surface area is 128 Å². The molecule has 0 saturated carbocycles. The van der Waals surface area contributed by atoms with Crippen LogP contribution in [0.3, 0.4) is 0 Å². The third-order valence-electron chi connectivity index (χ3n) is 2.94. The molecule has 2 aromatic rings. The molecule has 0 unspecified atom stereocenters. The number of hydrogen-bond donors (Lipinski definition) is 1. The first kappa shape index (κ1) is 15.1. The van der Waals surface area contributed by atoms with Crippen molar-refractivity contribution in [1.29, 1.82) is 0 Å². The molecule has 0 heterocycles. The largest absolute Gasteiger partial charge is 0.497 e. The van der Waals surface area contributed by atoms with E-state index < -0.39 is 0 Å². The molecule has 0 radical (unpaired) electrons. The highest BCUT2D eigenvalue weighted by molar-refractivity contribution is 6.34. The maximum Gasteiger partial charge on any atom is 0.271 e. The van der Waals surface area contributed by atoms with Crippen molar-refractivity contribution in [3.63, 3.8) is 0 Å². The highest BCUT2D eigenvalue weighted by Gasteiger charge is 2.06. The lowest BCUT2D eigenvalue weighted by Gasteiger charge is -2.05. The van der Waals surface area contributed by atoms with Crippen molar-refractivity contribution in [2.45, 2.75) is 6.92 Å². The zero-order valence-corrected chi connectivity index (χ0v) is 12.5. The number of hydrogen-bond acceptors (Lipinski definition) is 3. The molecule has 5 heteroatoms. The summed E-state index contributed by atoms with van der Waals surface area (Å²) in [6, 6.07) is 14.1. The minimum absolute atomic E-state index is 0.288. The normalized spacial score (nSPS) is 11.1. The van der Waals surface area contributed by atoms with Crippen LogP contribution in [0.5, 0.6) is 5.75 Å². The molecule has 0 aliphatic carbocycles.